The number of aromatic nitrogens is 3. The number of benzene rings is 1. The molecule has 116 valence electrons. The highest BCUT2D eigenvalue weighted by Gasteiger charge is 2.07. The van der Waals surface area contributed by atoms with Crippen molar-refractivity contribution in [3.05, 3.63) is 72.9 Å². The molecule has 0 radical (unpaired) electrons. The summed E-state index contributed by atoms with van der Waals surface area (Å²) >= 11 is 6.82. The number of nitro groups is 1. The molecule has 9 heteroatoms. The number of hydrogen-bond donors (Lipinski definition) is 1. The quantitative estimate of drug-likeness (QED) is 0.332. The van der Waals surface area contributed by atoms with E-state index in [-0.39, 0.29) is 5.69 Å². The second kappa shape index (κ2) is 6.63. The minimum Gasteiger partial charge on any atom is -0.258 e. The Morgan fingerprint density at radius 3 is 2.83 bits per heavy atom. The highest BCUT2D eigenvalue weighted by Crippen LogP contribution is 2.14. The average molecular weight is 345 g/mol. The largest absolute Gasteiger partial charge is 0.269 e. The van der Waals surface area contributed by atoms with Crippen LogP contribution in [0.25, 0.3) is 0 Å². The molecule has 2 heterocycles. The predicted molar refractivity (Wildman–Crippen MR) is 90.6 cm³/mol. The summed E-state index contributed by atoms with van der Waals surface area (Å²) in [6.07, 6.45) is 2.22. The normalized spacial score (nSPS) is 11.1. The number of aromatic amines is 1. The predicted octanol–water partition coefficient (Wildman–Crippen LogP) is 3.38. The number of hydrogen-bond acceptors (Lipinski definition) is 6. The van der Waals surface area contributed by atoms with Crippen LogP contribution >= 0.6 is 23.6 Å². The summed E-state index contributed by atoms with van der Waals surface area (Å²) in [7, 11) is 0. The van der Waals surface area contributed by atoms with Gasteiger partial charge in [0.2, 0.25) is 4.77 Å². The van der Waals surface area contributed by atoms with E-state index < -0.39 is 4.92 Å². The number of nitrogens with zero attached hydrogens (tertiary/aromatic N) is 4. The van der Waals surface area contributed by atoms with Crippen LogP contribution < -0.4 is 0 Å². The highest BCUT2D eigenvalue weighted by atomic mass is 32.1. The van der Waals surface area contributed by atoms with Gasteiger partial charge in [0, 0.05) is 23.4 Å². The van der Waals surface area contributed by atoms with Crippen molar-refractivity contribution in [3.63, 3.8) is 0 Å². The Morgan fingerprint density at radius 2 is 2.17 bits per heavy atom. The van der Waals surface area contributed by atoms with E-state index in [1.807, 2.05) is 17.5 Å². The molecule has 0 fully saturated rings. The molecule has 0 aliphatic rings. The van der Waals surface area contributed by atoms with Gasteiger partial charge in [-0.3, -0.25) is 15.2 Å². The zero-order valence-electron chi connectivity index (χ0n) is 11.7. The van der Waals surface area contributed by atoms with Gasteiger partial charge in [0.05, 0.1) is 11.1 Å². The monoisotopic (exact) mass is 345 g/mol. The summed E-state index contributed by atoms with van der Waals surface area (Å²) in [4.78, 5) is 11.4. The van der Waals surface area contributed by atoms with E-state index in [9.17, 15) is 10.1 Å². The van der Waals surface area contributed by atoms with Crippen molar-refractivity contribution >= 4 is 35.5 Å². The summed E-state index contributed by atoms with van der Waals surface area (Å²) in [5.41, 5.74) is 0.779. The van der Waals surface area contributed by atoms with Gasteiger partial charge in [-0.2, -0.15) is 14.9 Å². The minimum absolute atomic E-state index is 0.0421. The van der Waals surface area contributed by atoms with Gasteiger partial charge in [0.1, 0.15) is 0 Å². The number of non-ortho nitro benzene ring substituents is 1. The molecule has 3 aromatic rings. The number of H-pyrrole nitrogens is 1. The van der Waals surface area contributed by atoms with Crippen molar-refractivity contribution in [2.24, 2.45) is 5.10 Å². The molecule has 0 unspecified atom stereocenters. The first-order chi connectivity index (χ1) is 11.1. The molecule has 0 aliphatic heterocycles. The Balaban J connectivity index is 1.83. The molecule has 0 spiro atoms. The third-order valence-electron chi connectivity index (χ3n) is 3.06. The van der Waals surface area contributed by atoms with Gasteiger partial charge in [0.15, 0.2) is 5.82 Å². The fourth-order valence-corrected chi connectivity index (χ4v) is 2.83. The Hall–Kier alpha value is -2.65. The Bertz CT molecular complexity index is 894. The molecule has 1 aromatic carbocycles. The maximum atomic E-state index is 10.6. The molecule has 3 rings (SSSR count). The first kappa shape index (κ1) is 15.3. The molecule has 1 N–H and O–H groups in total. The second-order valence-corrected chi connectivity index (χ2v) is 6.03. The van der Waals surface area contributed by atoms with E-state index in [0.717, 1.165) is 10.4 Å². The lowest BCUT2D eigenvalue weighted by Gasteiger charge is -1.99. The van der Waals surface area contributed by atoms with Gasteiger partial charge < -0.3 is 0 Å². The smallest absolute Gasteiger partial charge is 0.258 e. The lowest BCUT2D eigenvalue weighted by molar-refractivity contribution is -0.384. The highest BCUT2D eigenvalue weighted by molar-refractivity contribution is 7.71. The lowest BCUT2D eigenvalue weighted by Crippen LogP contribution is -1.99. The van der Waals surface area contributed by atoms with Crippen LogP contribution in [0.1, 0.15) is 16.3 Å². The second-order valence-electron chi connectivity index (χ2n) is 4.61. The van der Waals surface area contributed by atoms with Crippen molar-refractivity contribution in [2.45, 2.75) is 6.42 Å². The van der Waals surface area contributed by atoms with Crippen LogP contribution in [0.5, 0.6) is 0 Å². The summed E-state index contributed by atoms with van der Waals surface area (Å²) < 4.78 is 1.95. The van der Waals surface area contributed by atoms with E-state index >= 15 is 0 Å². The molecule has 0 aliphatic carbocycles. The molecular weight excluding hydrogens is 334 g/mol. The molecule has 0 saturated carbocycles. The van der Waals surface area contributed by atoms with Crippen LogP contribution in [0.2, 0.25) is 0 Å². The molecule has 0 bridgehead atoms. The van der Waals surface area contributed by atoms with Crippen molar-refractivity contribution in [2.75, 3.05) is 0 Å². The van der Waals surface area contributed by atoms with Crippen LogP contribution in [-0.4, -0.2) is 26.0 Å². The van der Waals surface area contributed by atoms with E-state index in [4.69, 9.17) is 12.2 Å². The Morgan fingerprint density at radius 1 is 1.39 bits per heavy atom. The summed E-state index contributed by atoms with van der Waals surface area (Å²) in [6.45, 7) is 0. The Labute approximate surface area is 140 Å². The summed E-state index contributed by atoms with van der Waals surface area (Å²) in [5, 5.41) is 23.9. The van der Waals surface area contributed by atoms with Crippen LogP contribution in [0.3, 0.4) is 0 Å². The van der Waals surface area contributed by atoms with Crippen LogP contribution in [0, 0.1) is 14.9 Å². The maximum absolute atomic E-state index is 10.6. The van der Waals surface area contributed by atoms with Crippen molar-refractivity contribution in [3.8, 4) is 0 Å². The number of nitro benzene ring substituents is 1. The standard InChI is InChI=1S/C14H11N5O2S2/c20-19(21)11-5-3-10(4-6-11)9-15-18-13(16-17-14(18)22)8-12-2-1-7-23-12/h1-7,9H,8H2,(H,17,22)/b15-9-. The van der Waals surface area contributed by atoms with Gasteiger partial charge in [-0.1, -0.05) is 6.07 Å². The van der Waals surface area contributed by atoms with Crippen molar-refractivity contribution in [1.29, 1.82) is 0 Å². The molecule has 0 atom stereocenters. The van der Waals surface area contributed by atoms with E-state index in [0.29, 0.717) is 17.0 Å². The number of nitrogens with one attached hydrogen (secondary N) is 1. The minimum atomic E-state index is -0.438. The van der Waals surface area contributed by atoms with Gasteiger partial charge in [0.25, 0.3) is 5.69 Å². The van der Waals surface area contributed by atoms with Gasteiger partial charge in [-0.25, -0.2) is 0 Å². The summed E-state index contributed by atoms with van der Waals surface area (Å²) in [6, 6.07) is 10.1. The van der Waals surface area contributed by atoms with Gasteiger partial charge >= 0.3 is 0 Å². The van der Waals surface area contributed by atoms with Crippen LogP contribution in [0.4, 0.5) is 5.69 Å². The van der Waals surface area contributed by atoms with Crippen LogP contribution in [0.15, 0.2) is 46.9 Å². The maximum Gasteiger partial charge on any atom is 0.269 e. The topological polar surface area (TPSA) is 89.1 Å². The lowest BCUT2D eigenvalue weighted by atomic mass is 10.2. The molecule has 7 nitrogen and oxygen atoms in total. The Kier molecular flexibility index (Phi) is 4.40. The third kappa shape index (κ3) is 3.58. The van der Waals surface area contributed by atoms with Crippen LogP contribution in [-0.2, 0) is 6.42 Å². The average Bonchev–Trinajstić information content (AvgIpc) is 3.17. The van der Waals surface area contributed by atoms with E-state index in [2.05, 4.69) is 15.3 Å². The molecule has 0 saturated heterocycles. The first-order valence-corrected chi connectivity index (χ1v) is 7.90. The van der Waals surface area contributed by atoms with E-state index in [1.165, 1.54) is 12.1 Å². The molecule has 2 aromatic heterocycles. The number of thiophene rings is 1. The molecule has 23 heavy (non-hydrogen) atoms. The van der Waals surface area contributed by atoms with Gasteiger partial charge in [-0.15, -0.1) is 11.3 Å². The fourth-order valence-electron chi connectivity index (χ4n) is 1.93. The number of rotatable bonds is 5. The fraction of sp³-hybridized carbons (Fsp3) is 0.0714. The first-order valence-electron chi connectivity index (χ1n) is 6.61. The van der Waals surface area contributed by atoms with Gasteiger partial charge in [-0.05, 0) is 41.4 Å². The van der Waals surface area contributed by atoms with Crippen molar-refractivity contribution < 1.29 is 4.92 Å². The SMILES string of the molecule is O=[N+]([O-])c1ccc(/C=N\n2c(Cc3cccs3)n[nH]c2=S)cc1. The summed E-state index contributed by atoms with van der Waals surface area (Å²) in [5.74, 6) is 0.704. The van der Waals surface area contributed by atoms with E-state index in [1.54, 1.807) is 34.4 Å². The van der Waals surface area contributed by atoms with Crippen molar-refractivity contribution in [1.82, 2.24) is 14.9 Å². The molecular formula is C14H11N5O2S2. The zero-order valence-corrected chi connectivity index (χ0v) is 13.4. The zero-order chi connectivity index (χ0) is 16.2. The third-order valence-corrected chi connectivity index (χ3v) is 4.20. The molecule has 0 amide bonds.